The van der Waals surface area contributed by atoms with Gasteiger partial charge in [-0.1, -0.05) is 12.1 Å². The van der Waals surface area contributed by atoms with Crippen LogP contribution in [0.1, 0.15) is 27.4 Å². The van der Waals surface area contributed by atoms with Crippen LogP contribution in [0.4, 0.5) is 13.2 Å². The average molecular weight is 521 g/mol. The normalized spacial score (nSPS) is 11.8. The van der Waals surface area contributed by atoms with E-state index < -0.39 is 20.9 Å². The zero-order valence-corrected chi connectivity index (χ0v) is 17.8. The molecule has 5 nitrogen and oxygen atoms in total. The maximum atomic E-state index is 14.5. The van der Waals surface area contributed by atoms with Crippen LogP contribution in [0.5, 0.6) is 0 Å². The molecule has 28 heavy (non-hydrogen) atoms. The number of hydrogen-bond acceptors (Lipinski definition) is 4. The van der Waals surface area contributed by atoms with Crippen molar-refractivity contribution in [3.05, 3.63) is 67.8 Å². The zero-order valence-electron chi connectivity index (χ0n) is 14.9. The van der Waals surface area contributed by atoms with Gasteiger partial charge in [-0.15, -0.1) is 11.3 Å². The summed E-state index contributed by atoms with van der Waals surface area (Å²) in [6.45, 7) is 1.78. The molecule has 0 unspecified atom stereocenters. The van der Waals surface area contributed by atoms with Gasteiger partial charge in [0.05, 0.1) is 23.4 Å². The lowest BCUT2D eigenvalue weighted by molar-refractivity contribution is -0.120. The molecule has 0 spiro atoms. The summed E-state index contributed by atoms with van der Waals surface area (Å²) in [4.78, 5) is 29.8. The van der Waals surface area contributed by atoms with Crippen LogP contribution in [-0.2, 0) is 21.6 Å². The molecule has 0 aliphatic rings. The number of hydrogen-bond donors (Lipinski definition) is 1. The van der Waals surface area contributed by atoms with Gasteiger partial charge in [0, 0.05) is 47.0 Å². The number of carbonyl (C=O) groups is 1. The Kier molecular flexibility index (Phi) is 5.80. The number of likely N-dealkylation sites (N-methyl/N-ethyl adjacent to an activating group) is 1. The van der Waals surface area contributed by atoms with E-state index in [1.165, 1.54) is 41.0 Å². The van der Waals surface area contributed by atoms with Gasteiger partial charge >= 0.3 is 3.93 Å². The third-order valence-electron chi connectivity index (χ3n) is 4.22. The molecule has 10 heteroatoms. The first-order valence-corrected chi connectivity index (χ1v) is 10.1. The summed E-state index contributed by atoms with van der Waals surface area (Å²) in [5.41, 5.74) is -0.266. The maximum absolute atomic E-state index is 14.5. The fraction of sp³-hybridized carbons (Fsp3) is 0.278. The number of alkyl halides is 3. The highest BCUT2D eigenvalue weighted by Gasteiger charge is 2.31. The van der Waals surface area contributed by atoms with Gasteiger partial charge in [-0.2, -0.15) is 8.78 Å². The third kappa shape index (κ3) is 4.07. The molecule has 0 radical (unpaired) electrons. The Hall–Kier alpha value is -1.95. The van der Waals surface area contributed by atoms with Crippen molar-refractivity contribution in [1.82, 2.24) is 14.7 Å². The van der Waals surface area contributed by atoms with Crippen LogP contribution >= 0.6 is 33.9 Å². The van der Waals surface area contributed by atoms with Gasteiger partial charge in [-0.05, 0) is 18.6 Å². The highest BCUT2D eigenvalue weighted by Crippen LogP contribution is 2.37. The fourth-order valence-electron chi connectivity index (χ4n) is 2.84. The van der Waals surface area contributed by atoms with Gasteiger partial charge in [-0.25, -0.2) is 9.37 Å². The van der Waals surface area contributed by atoms with Crippen LogP contribution < -0.4 is 10.9 Å². The largest absolute Gasteiger partial charge is 0.359 e. The van der Waals surface area contributed by atoms with Crippen LogP contribution in [0.15, 0.2) is 29.1 Å². The molecule has 0 saturated carbocycles. The van der Waals surface area contributed by atoms with Crippen LogP contribution in [0, 0.1) is 12.7 Å². The van der Waals surface area contributed by atoms with Crippen molar-refractivity contribution in [1.29, 1.82) is 0 Å². The molecule has 0 bridgehead atoms. The van der Waals surface area contributed by atoms with Crippen molar-refractivity contribution in [3.8, 4) is 0 Å². The maximum Gasteiger partial charge on any atom is 0.324 e. The lowest BCUT2D eigenvalue weighted by atomic mass is 10.1. The van der Waals surface area contributed by atoms with Gasteiger partial charge in [0.2, 0.25) is 5.91 Å². The number of fused-ring (bicyclic) bond motifs is 1. The van der Waals surface area contributed by atoms with Crippen molar-refractivity contribution in [2.75, 3.05) is 7.05 Å². The van der Waals surface area contributed by atoms with E-state index in [1.54, 1.807) is 6.92 Å². The van der Waals surface area contributed by atoms with Gasteiger partial charge in [0.25, 0.3) is 5.56 Å². The lowest BCUT2D eigenvalue weighted by Gasteiger charge is -2.12. The second-order valence-corrected chi connectivity index (χ2v) is 8.65. The van der Waals surface area contributed by atoms with E-state index in [1.807, 2.05) is 0 Å². The predicted octanol–water partition coefficient (Wildman–Crippen LogP) is 3.57. The van der Waals surface area contributed by atoms with Crippen LogP contribution in [0.25, 0.3) is 4.96 Å². The van der Waals surface area contributed by atoms with Gasteiger partial charge in [0.1, 0.15) is 5.82 Å². The summed E-state index contributed by atoms with van der Waals surface area (Å²) in [5.74, 6) is -1.25. The minimum Gasteiger partial charge on any atom is -0.359 e. The predicted molar refractivity (Wildman–Crippen MR) is 109 cm³/mol. The molecule has 1 amide bonds. The second kappa shape index (κ2) is 7.82. The van der Waals surface area contributed by atoms with Gasteiger partial charge < -0.3 is 5.32 Å². The molecule has 0 saturated heterocycles. The molecule has 3 rings (SSSR count). The Morgan fingerprint density at radius 3 is 2.75 bits per heavy atom. The van der Waals surface area contributed by atoms with Crippen LogP contribution in [0.3, 0.4) is 0 Å². The molecule has 0 atom stereocenters. The number of aromatic nitrogens is 2. The molecular formula is C18H15F3IN3O2S. The Morgan fingerprint density at radius 2 is 2.11 bits per heavy atom. The van der Waals surface area contributed by atoms with Crippen LogP contribution in [-0.4, -0.2) is 22.3 Å². The third-order valence-corrected chi connectivity index (χ3v) is 5.80. The van der Waals surface area contributed by atoms with Crippen molar-refractivity contribution in [3.63, 3.8) is 0 Å². The lowest BCUT2D eigenvalue weighted by Crippen LogP contribution is -2.24. The summed E-state index contributed by atoms with van der Waals surface area (Å²) in [6.07, 6.45) is -0.0649. The summed E-state index contributed by atoms with van der Waals surface area (Å²) >= 11 is 2.12. The average Bonchev–Trinajstić information content (AvgIpc) is 2.91. The van der Waals surface area contributed by atoms with Gasteiger partial charge in [-0.3, -0.25) is 14.0 Å². The van der Waals surface area contributed by atoms with Crippen molar-refractivity contribution >= 4 is 44.8 Å². The molecule has 2 aromatic heterocycles. The van der Waals surface area contributed by atoms with E-state index in [9.17, 15) is 22.8 Å². The molecule has 1 aromatic carbocycles. The number of amides is 1. The van der Waals surface area contributed by atoms with Crippen molar-refractivity contribution in [2.45, 2.75) is 23.7 Å². The molecule has 0 aliphatic heterocycles. The SMILES string of the molecule is CNC(=O)Cc1c(C)sc2nc(Cc3cccc(C(F)(F)I)c3F)cc(=O)n12. The molecule has 0 fully saturated rings. The number of aryl methyl sites for hydroxylation is 1. The quantitative estimate of drug-likeness (QED) is 0.413. The number of nitrogens with one attached hydrogen (secondary N) is 1. The first-order chi connectivity index (χ1) is 13.1. The molecule has 0 aliphatic carbocycles. The van der Waals surface area contributed by atoms with E-state index in [-0.39, 0.29) is 30.0 Å². The number of nitrogens with zero attached hydrogens (tertiary/aromatic N) is 2. The molecular weight excluding hydrogens is 506 g/mol. The van der Waals surface area contributed by atoms with Gasteiger partial charge in [0.15, 0.2) is 4.96 Å². The van der Waals surface area contributed by atoms with Crippen molar-refractivity contribution in [2.24, 2.45) is 0 Å². The number of carbonyl (C=O) groups excluding carboxylic acids is 1. The standard InChI is InChI=1S/C18H15F3IN3O2S/c1-9-13(8-14(26)23-2)25-15(27)7-11(24-17(25)28-9)6-10-4-3-5-12(16(10)19)18(20,21)22/h3-5,7H,6,8H2,1-2H3,(H,23,26). The number of thiazole rings is 1. The number of benzene rings is 1. The Morgan fingerprint density at radius 1 is 1.39 bits per heavy atom. The van der Waals surface area contributed by atoms with Crippen molar-refractivity contribution < 1.29 is 18.0 Å². The number of rotatable bonds is 5. The highest BCUT2D eigenvalue weighted by atomic mass is 127. The second-order valence-electron chi connectivity index (χ2n) is 6.11. The first kappa shape index (κ1) is 20.8. The molecule has 2 heterocycles. The topological polar surface area (TPSA) is 63.5 Å². The molecule has 3 aromatic rings. The summed E-state index contributed by atoms with van der Waals surface area (Å²) in [6, 6.07) is 5.01. The van der Waals surface area contributed by atoms with Crippen LogP contribution in [0.2, 0.25) is 0 Å². The minimum absolute atomic E-state index is 0.0314. The minimum atomic E-state index is -3.34. The Labute approximate surface area is 175 Å². The van der Waals surface area contributed by atoms with E-state index in [2.05, 4.69) is 10.3 Å². The number of halogens is 4. The van der Waals surface area contributed by atoms with E-state index in [0.29, 0.717) is 10.7 Å². The van der Waals surface area contributed by atoms with E-state index in [0.717, 1.165) is 33.5 Å². The summed E-state index contributed by atoms with van der Waals surface area (Å²) < 4.78 is 39.6. The van der Waals surface area contributed by atoms with E-state index >= 15 is 0 Å². The first-order valence-electron chi connectivity index (χ1n) is 8.18. The smallest absolute Gasteiger partial charge is 0.324 e. The highest BCUT2D eigenvalue weighted by molar-refractivity contribution is 14.1. The molecule has 148 valence electrons. The molecule has 1 N–H and O–H groups in total. The summed E-state index contributed by atoms with van der Waals surface area (Å²) in [5, 5.41) is 2.51. The summed E-state index contributed by atoms with van der Waals surface area (Å²) in [7, 11) is 1.51. The Balaban J connectivity index is 2.03. The van der Waals surface area contributed by atoms with E-state index in [4.69, 9.17) is 0 Å². The zero-order chi connectivity index (χ0) is 20.6. The Bertz CT molecular complexity index is 1120. The fourth-order valence-corrected chi connectivity index (χ4v) is 4.27. The monoisotopic (exact) mass is 521 g/mol.